The smallest absolute Gasteiger partial charge is 0.231 e. The van der Waals surface area contributed by atoms with Crippen molar-refractivity contribution in [3.05, 3.63) is 30.1 Å². The van der Waals surface area contributed by atoms with Gasteiger partial charge in [0.25, 0.3) is 0 Å². The van der Waals surface area contributed by atoms with E-state index < -0.39 is 5.92 Å². The number of carbonyl (C=O) groups is 3. The number of amides is 3. The second kappa shape index (κ2) is 9.09. The third-order valence-electron chi connectivity index (χ3n) is 4.11. The highest BCUT2D eigenvalue weighted by Gasteiger charge is 2.35. The number of thioether (sulfide) groups is 1. The summed E-state index contributed by atoms with van der Waals surface area (Å²) in [5.74, 6) is -1.37. The fourth-order valence-corrected chi connectivity index (χ4v) is 4.42. The number of halogens is 1. The SMILES string of the molecule is CC(C)(C)NC(=O)CSc1nnc(NC(=O)[C@H]2CC(=O)N(c3ccc(F)cc3)C2)s1. The standard InChI is InChI=1S/C19H22FN5O3S2/c1-19(2,3)22-14(26)10-29-18-24-23-17(30-18)21-16(28)11-8-15(27)25(9-11)13-6-4-12(20)5-7-13/h4-7,11H,8-10H2,1-3H3,(H,22,26)(H,21,23,28)/t11-/m0/s1. The minimum Gasteiger partial charge on any atom is -0.351 e. The summed E-state index contributed by atoms with van der Waals surface area (Å²) >= 11 is 2.41. The van der Waals surface area contributed by atoms with E-state index in [4.69, 9.17) is 0 Å². The van der Waals surface area contributed by atoms with Crippen LogP contribution in [0.15, 0.2) is 28.6 Å². The maximum absolute atomic E-state index is 13.1. The van der Waals surface area contributed by atoms with Crippen molar-refractivity contribution in [3.8, 4) is 0 Å². The summed E-state index contributed by atoms with van der Waals surface area (Å²) in [5, 5.41) is 13.8. The van der Waals surface area contributed by atoms with Crippen LogP contribution in [0.4, 0.5) is 15.2 Å². The van der Waals surface area contributed by atoms with Crippen LogP contribution in [-0.2, 0) is 14.4 Å². The summed E-state index contributed by atoms with van der Waals surface area (Å²) in [5.41, 5.74) is 0.248. The van der Waals surface area contributed by atoms with Crippen molar-refractivity contribution in [3.63, 3.8) is 0 Å². The summed E-state index contributed by atoms with van der Waals surface area (Å²) in [6.45, 7) is 5.92. The van der Waals surface area contributed by atoms with Crippen LogP contribution < -0.4 is 15.5 Å². The van der Waals surface area contributed by atoms with Crippen molar-refractivity contribution in [1.82, 2.24) is 15.5 Å². The van der Waals surface area contributed by atoms with Crippen LogP contribution in [0, 0.1) is 11.7 Å². The predicted molar refractivity (Wildman–Crippen MR) is 114 cm³/mol. The number of nitrogens with zero attached hydrogens (tertiary/aromatic N) is 3. The minimum atomic E-state index is -0.542. The molecule has 0 aliphatic carbocycles. The molecule has 1 saturated heterocycles. The molecule has 2 heterocycles. The number of hydrogen-bond donors (Lipinski definition) is 2. The monoisotopic (exact) mass is 451 g/mol. The lowest BCUT2D eigenvalue weighted by Crippen LogP contribution is -2.41. The Kier molecular flexibility index (Phi) is 6.71. The molecule has 3 rings (SSSR count). The maximum Gasteiger partial charge on any atom is 0.231 e. The zero-order valence-electron chi connectivity index (χ0n) is 16.8. The van der Waals surface area contributed by atoms with Crippen LogP contribution in [0.25, 0.3) is 0 Å². The lowest BCUT2D eigenvalue weighted by Gasteiger charge is -2.19. The van der Waals surface area contributed by atoms with Crippen LogP contribution in [0.1, 0.15) is 27.2 Å². The molecule has 1 aromatic carbocycles. The van der Waals surface area contributed by atoms with Gasteiger partial charge in [0.1, 0.15) is 5.82 Å². The Bertz CT molecular complexity index is 942. The third-order valence-corrected chi connectivity index (χ3v) is 6.08. The first-order chi connectivity index (χ1) is 14.1. The van der Waals surface area contributed by atoms with Crippen LogP contribution >= 0.6 is 23.1 Å². The van der Waals surface area contributed by atoms with Gasteiger partial charge in [0.05, 0.1) is 11.7 Å². The Morgan fingerprint density at radius 2 is 1.97 bits per heavy atom. The number of aromatic nitrogens is 2. The zero-order valence-corrected chi connectivity index (χ0v) is 18.4. The molecule has 0 spiro atoms. The molecular formula is C19H22FN5O3S2. The van der Waals surface area contributed by atoms with Gasteiger partial charge >= 0.3 is 0 Å². The van der Waals surface area contributed by atoms with E-state index in [1.165, 1.54) is 52.3 Å². The van der Waals surface area contributed by atoms with Crippen molar-refractivity contribution in [1.29, 1.82) is 0 Å². The Balaban J connectivity index is 1.52. The molecule has 2 N–H and O–H groups in total. The fraction of sp³-hybridized carbons (Fsp3) is 0.421. The third kappa shape index (κ3) is 5.99. The number of anilines is 2. The average Bonchev–Trinajstić information content (AvgIpc) is 3.26. The largest absolute Gasteiger partial charge is 0.351 e. The Labute approximate surface area is 181 Å². The zero-order chi connectivity index (χ0) is 21.9. The van der Waals surface area contributed by atoms with E-state index in [0.29, 0.717) is 15.2 Å². The van der Waals surface area contributed by atoms with Crippen LogP contribution in [0.5, 0.6) is 0 Å². The second-order valence-corrected chi connectivity index (χ2v) is 10.0. The quantitative estimate of drug-likeness (QED) is 0.517. The summed E-state index contributed by atoms with van der Waals surface area (Å²) in [6.07, 6.45) is 0.0661. The molecule has 30 heavy (non-hydrogen) atoms. The van der Waals surface area contributed by atoms with Gasteiger partial charge in [-0.05, 0) is 45.0 Å². The topological polar surface area (TPSA) is 104 Å². The highest BCUT2D eigenvalue weighted by molar-refractivity contribution is 8.01. The lowest BCUT2D eigenvalue weighted by atomic mass is 10.1. The predicted octanol–water partition coefficient (Wildman–Crippen LogP) is 2.68. The van der Waals surface area contributed by atoms with Gasteiger partial charge in [-0.1, -0.05) is 23.1 Å². The summed E-state index contributed by atoms with van der Waals surface area (Å²) in [6, 6.07) is 5.57. The van der Waals surface area contributed by atoms with Gasteiger partial charge < -0.3 is 15.5 Å². The number of rotatable bonds is 6. The van der Waals surface area contributed by atoms with Crippen molar-refractivity contribution in [2.24, 2.45) is 5.92 Å². The molecular weight excluding hydrogens is 429 g/mol. The number of hydrogen-bond acceptors (Lipinski definition) is 7. The van der Waals surface area contributed by atoms with Gasteiger partial charge in [-0.3, -0.25) is 14.4 Å². The highest BCUT2D eigenvalue weighted by atomic mass is 32.2. The van der Waals surface area contributed by atoms with Gasteiger partial charge in [-0.25, -0.2) is 4.39 Å². The van der Waals surface area contributed by atoms with E-state index in [-0.39, 0.29) is 47.8 Å². The molecule has 3 amide bonds. The minimum absolute atomic E-state index is 0.0661. The Morgan fingerprint density at radius 3 is 2.63 bits per heavy atom. The van der Waals surface area contributed by atoms with Gasteiger partial charge in [0.2, 0.25) is 22.9 Å². The normalized spacial score (nSPS) is 16.6. The van der Waals surface area contributed by atoms with Crippen molar-refractivity contribution >= 4 is 51.6 Å². The molecule has 2 aromatic rings. The van der Waals surface area contributed by atoms with Crippen molar-refractivity contribution in [2.75, 3.05) is 22.5 Å². The summed E-state index contributed by atoms with van der Waals surface area (Å²) in [4.78, 5) is 38.2. The fourth-order valence-electron chi connectivity index (χ4n) is 2.86. The van der Waals surface area contributed by atoms with Crippen LogP contribution in [-0.4, -0.2) is 45.8 Å². The van der Waals surface area contributed by atoms with E-state index in [1.807, 2.05) is 20.8 Å². The number of carbonyl (C=O) groups excluding carboxylic acids is 3. The molecule has 0 radical (unpaired) electrons. The van der Waals surface area contributed by atoms with Crippen LogP contribution in [0.3, 0.4) is 0 Å². The first-order valence-corrected chi connectivity index (χ1v) is 11.0. The molecule has 1 aliphatic rings. The summed E-state index contributed by atoms with van der Waals surface area (Å²) in [7, 11) is 0. The molecule has 160 valence electrons. The van der Waals surface area contributed by atoms with Gasteiger partial charge in [0, 0.05) is 24.2 Å². The Hall–Kier alpha value is -2.53. The highest BCUT2D eigenvalue weighted by Crippen LogP contribution is 2.28. The molecule has 1 aliphatic heterocycles. The molecule has 1 aromatic heterocycles. The van der Waals surface area contributed by atoms with E-state index >= 15 is 0 Å². The van der Waals surface area contributed by atoms with E-state index in [9.17, 15) is 18.8 Å². The molecule has 8 nitrogen and oxygen atoms in total. The average molecular weight is 452 g/mol. The van der Waals surface area contributed by atoms with Crippen molar-refractivity contribution in [2.45, 2.75) is 37.1 Å². The number of nitrogens with one attached hydrogen (secondary N) is 2. The lowest BCUT2D eigenvalue weighted by molar-refractivity contribution is -0.122. The Morgan fingerprint density at radius 1 is 1.27 bits per heavy atom. The molecule has 0 unspecified atom stereocenters. The molecule has 11 heteroatoms. The first-order valence-electron chi connectivity index (χ1n) is 9.25. The molecule has 1 atom stereocenters. The molecule has 1 fully saturated rings. The van der Waals surface area contributed by atoms with Gasteiger partial charge in [0.15, 0.2) is 4.34 Å². The summed E-state index contributed by atoms with van der Waals surface area (Å²) < 4.78 is 13.6. The van der Waals surface area contributed by atoms with Crippen molar-refractivity contribution < 1.29 is 18.8 Å². The van der Waals surface area contributed by atoms with E-state index in [0.717, 1.165) is 0 Å². The molecule has 0 saturated carbocycles. The first kappa shape index (κ1) is 22.2. The number of benzene rings is 1. The molecule has 0 bridgehead atoms. The van der Waals surface area contributed by atoms with E-state index in [1.54, 1.807) is 0 Å². The van der Waals surface area contributed by atoms with Gasteiger partial charge in [-0.15, -0.1) is 10.2 Å². The second-order valence-electron chi connectivity index (χ2n) is 7.83. The maximum atomic E-state index is 13.1. The van der Waals surface area contributed by atoms with Gasteiger partial charge in [-0.2, -0.15) is 0 Å². The van der Waals surface area contributed by atoms with Crippen LogP contribution in [0.2, 0.25) is 0 Å². The van der Waals surface area contributed by atoms with E-state index in [2.05, 4.69) is 20.8 Å².